The van der Waals surface area contributed by atoms with Gasteiger partial charge in [-0.2, -0.15) is 0 Å². The van der Waals surface area contributed by atoms with Crippen molar-refractivity contribution < 1.29 is 14.5 Å². The Morgan fingerprint density at radius 2 is 1.34 bits per heavy atom. The molecular weight excluding hydrogens is 590 g/mol. The van der Waals surface area contributed by atoms with Crippen LogP contribution in [-0.4, -0.2) is 35.2 Å². The van der Waals surface area contributed by atoms with Crippen LogP contribution < -0.4 is 11.2 Å². The predicted octanol–water partition coefficient (Wildman–Crippen LogP) is 3.10. The number of fused-ring (bicyclic) bond motifs is 1. The molecule has 0 fully saturated rings. The average Bonchev–Trinajstić information content (AvgIpc) is 3.17. The van der Waals surface area contributed by atoms with E-state index in [4.69, 9.17) is 0 Å². The minimum Gasteiger partial charge on any atom is -0.390 e. The molecule has 35 heavy (non-hydrogen) atoms. The first-order chi connectivity index (χ1) is 16.6. The Balaban J connectivity index is 1.88. The Morgan fingerprint density at radius 1 is 0.886 bits per heavy atom. The largest absolute Gasteiger partial charge is 0.437 e. The first-order valence-corrected chi connectivity index (χ1v) is 11.6. The van der Waals surface area contributed by atoms with Gasteiger partial charge in [0, 0.05) is 20.1 Å². The van der Waals surface area contributed by atoms with Crippen molar-refractivity contribution in [1.29, 1.82) is 0 Å². The molecule has 0 saturated carbocycles. The van der Waals surface area contributed by atoms with Gasteiger partial charge in [0.2, 0.25) is 5.52 Å². The molecule has 2 aromatic carbocycles. The first-order valence-electron chi connectivity index (χ1n) is 10.0. The Kier molecular flexibility index (Phi) is 6.63. The summed E-state index contributed by atoms with van der Waals surface area (Å²) in [5.41, 5.74) is -1.96. The van der Waals surface area contributed by atoms with E-state index < -0.39 is 46.8 Å². The molecule has 2 heterocycles. The van der Waals surface area contributed by atoms with E-state index in [2.05, 4.69) is 36.8 Å². The van der Waals surface area contributed by atoms with Crippen LogP contribution in [0.25, 0.3) is 11.2 Å². The second-order valence-corrected chi connectivity index (χ2v) is 9.35. The number of aromatic nitrogens is 4. The Bertz CT molecular complexity index is 1620. The van der Waals surface area contributed by atoms with Crippen molar-refractivity contribution in [3.05, 3.63) is 99.6 Å². The number of halogens is 2. The van der Waals surface area contributed by atoms with Crippen LogP contribution in [0.2, 0.25) is 0 Å². The maximum absolute atomic E-state index is 13.3. The Labute approximate surface area is 213 Å². The number of imidazole rings is 1. The quantitative estimate of drug-likeness (QED) is 0.179. The summed E-state index contributed by atoms with van der Waals surface area (Å²) in [6.45, 7) is -1.17. The highest BCUT2D eigenvalue weighted by Crippen LogP contribution is 2.17. The van der Waals surface area contributed by atoms with E-state index in [0.717, 1.165) is 18.1 Å². The summed E-state index contributed by atoms with van der Waals surface area (Å²) in [4.78, 5) is 66.7. The van der Waals surface area contributed by atoms with Crippen LogP contribution in [0, 0.1) is 10.1 Å². The zero-order valence-electron chi connectivity index (χ0n) is 18.0. The van der Waals surface area contributed by atoms with Crippen molar-refractivity contribution in [3.8, 4) is 0 Å². The molecule has 0 N–H and O–H groups in total. The maximum atomic E-state index is 13.3. The molecule has 0 spiro atoms. The molecule has 0 bridgehead atoms. The summed E-state index contributed by atoms with van der Waals surface area (Å²) in [5.74, 6) is -1.70. The van der Waals surface area contributed by atoms with Gasteiger partial charge in [0.25, 0.3) is 11.2 Å². The van der Waals surface area contributed by atoms with Crippen molar-refractivity contribution in [1.82, 2.24) is 18.7 Å². The number of rotatable bonds is 7. The number of hydrogen-bond donors (Lipinski definition) is 0. The summed E-state index contributed by atoms with van der Waals surface area (Å²) >= 11 is 6.55. The van der Waals surface area contributed by atoms with E-state index >= 15 is 0 Å². The standard InChI is InChI=1S/C22H15Br2N5O6/c1-26-18-19(25-21(26)29(34)35)27(10-16(30)12-2-6-14(23)7-3-12)22(33)28(20(18)32)11-17(31)13-4-8-15(24)9-5-13/h2-9H,10-11H2,1H3. The fourth-order valence-electron chi connectivity index (χ4n) is 3.54. The summed E-state index contributed by atoms with van der Waals surface area (Å²) < 4.78 is 3.95. The van der Waals surface area contributed by atoms with Crippen LogP contribution in [0.5, 0.6) is 0 Å². The third kappa shape index (κ3) is 4.64. The molecule has 0 aliphatic heterocycles. The van der Waals surface area contributed by atoms with Crippen LogP contribution in [0.1, 0.15) is 20.7 Å². The third-order valence-corrected chi connectivity index (χ3v) is 6.37. The SMILES string of the molecule is Cn1c([N+](=O)[O-])nc2c1c(=O)n(CC(=O)c1ccc(Br)cc1)c(=O)n2CC(=O)c1ccc(Br)cc1. The lowest BCUT2D eigenvalue weighted by molar-refractivity contribution is -0.396. The number of carbonyl (C=O) groups excluding carboxylic acids is 2. The molecule has 178 valence electrons. The van der Waals surface area contributed by atoms with Crippen molar-refractivity contribution in [2.45, 2.75) is 13.1 Å². The number of aryl methyl sites for hydroxylation is 1. The molecule has 0 amide bonds. The van der Waals surface area contributed by atoms with Gasteiger partial charge in [-0.25, -0.2) is 13.9 Å². The molecule has 0 saturated heterocycles. The minimum atomic E-state index is -0.980. The van der Waals surface area contributed by atoms with Gasteiger partial charge in [-0.1, -0.05) is 56.1 Å². The Hall–Kier alpha value is -3.71. The van der Waals surface area contributed by atoms with Gasteiger partial charge in [-0.3, -0.25) is 19.0 Å². The fourth-order valence-corrected chi connectivity index (χ4v) is 4.07. The number of nitro groups is 1. The number of carbonyl (C=O) groups is 2. The van der Waals surface area contributed by atoms with Gasteiger partial charge in [0.1, 0.15) is 0 Å². The van der Waals surface area contributed by atoms with Crippen molar-refractivity contribution in [2.24, 2.45) is 7.05 Å². The van der Waals surface area contributed by atoms with E-state index in [0.29, 0.717) is 4.57 Å². The molecule has 0 radical (unpaired) electrons. The molecule has 0 aliphatic carbocycles. The lowest BCUT2D eigenvalue weighted by atomic mass is 10.1. The van der Waals surface area contributed by atoms with E-state index in [-0.39, 0.29) is 22.3 Å². The van der Waals surface area contributed by atoms with E-state index in [1.807, 2.05) is 0 Å². The monoisotopic (exact) mass is 603 g/mol. The van der Waals surface area contributed by atoms with Crippen LogP contribution in [-0.2, 0) is 20.1 Å². The molecule has 0 unspecified atom stereocenters. The highest BCUT2D eigenvalue weighted by molar-refractivity contribution is 9.10. The van der Waals surface area contributed by atoms with Crippen molar-refractivity contribution in [2.75, 3.05) is 0 Å². The molecule has 13 heteroatoms. The molecule has 0 aliphatic rings. The summed E-state index contributed by atoms with van der Waals surface area (Å²) in [5, 5.41) is 11.4. The summed E-state index contributed by atoms with van der Waals surface area (Å²) in [7, 11) is 1.25. The number of benzene rings is 2. The zero-order chi connectivity index (χ0) is 25.4. The van der Waals surface area contributed by atoms with Crippen molar-refractivity contribution >= 4 is 60.5 Å². The first kappa shape index (κ1) is 24.4. The number of ketones is 2. The Morgan fingerprint density at radius 3 is 1.80 bits per heavy atom. The van der Waals surface area contributed by atoms with Gasteiger partial charge in [0.05, 0.1) is 20.1 Å². The normalized spacial score (nSPS) is 11.1. The molecule has 4 rings (SSSR count). The van der Waals surface area contributed by atoms with Crippen LogP contribution >= 0.6 is 31.9 Å². The van der Waals surface area contributed by atoms with Crippen LogP contribution in [0.15, 0.2) is 67.1 Å². The highest BCUT2D eigenvalue weighted by Gasteiger charge is 2.29. The van der Waals surface area contributed by atoms with Gasteiger partial charge in [-0.15, -0.1) is 0 Å². The molecule has 11 nitrogen and oxygen atoms in total. The molecule has 0 atom stereocenters. The van der Waals surface area contributed by atoms with Gasteiger partial charge < -0.3 is 10.1 Å². The second-order valence-electron chi connectivity index (χ2n) is 7.52. The third-order valence-electron chi connectivity index (χ3n) is 5.32. The average molecular weight is 605 g/mol. The van der Waals surface area contributed by atoms with Gasteiger partial charge in [-0.05, 0) is 34.2 Å². The number of nitrogens with zero attached hydrogens (tertiary/aromatic N) is 5. The van der Waals surface area contributed by atoms with E-state index in [9.17, 15) is 29.3 Å². The number of Topliss-reactive ketones (excluding diaryl/α,β-unsaturated/α-hetero) is 2. The van der Waals surface area contributed by atoms with Gasteiger partial charge in [0.15, 0.2) is 11.6 Å². The molecule has 4 aromatic rings. The minimum absolute atomic E-state index is 0.257. The van der Waals surface area contributed by atoms with Crippen molar-refractivity contribution in [3.63, 3.8) is 0 Å². The smallest absolute Gasteiger partial charge is 0.390 e. The van der Waals surface area contributed by atoms with Gasteiger partial charge >= 0.3 is 11.6 Å². The predicted molar refractivity (Wildman–Crippen MR) is 133 cm³/mol. The molecular formula is C22H15Br2N5O6. The lowest BCUT2D eigenvalue weighted by Crippen LogP contribution is -2.43. The van der Waals surface area contributed by atoms with Crippen LogP contribution in [0.3, 0.4) is 0 Å². The topological polar surface area (TPSA) is 139 Å². The van der Waals surface area contributed by atoms with Crippen LogP contribution in [0.4, 0.5) is 5.95 Å². The zero-order valence-corrected chi connectivity index (χ0v) is 21.1. The van der Waals surface area contributed by atoms with E-state index in [1.165, 1.54) is 19.2 Å². The second kappa shape index (κ2) is 9.50. The fraction of sp³-hybridized carbons (Fsp3) is 0.136. The van der Waals surface area contributed by atoms with E-state index in [1.54, 1.807) is 36.4 Å². The summed E-state index contributed by atoms with van der Waals surface area (Å²) in [6.07, 6.45) is 0. The highest BCUT2D eigenvalue weighted by atomic mass is 79.9. The molecule has 2 aromatic heterocycles. The maximum Gasteiger partial charge on any atom is 0.437 e. The summed E-state index contributed by atoms with van der Waals surface area (Å²) in [6, 6.07) is 12.7. The number of hydrogen-bond acceptors (Lipinski definition) is 7. The lowest BCUT2D eigenvalue weighted by Gasteiger charge is -2.10.